The Bertz CT molecular complexity index is 732. The van der Waals surface area contributed by atoms with Crippen LogP contribution in [0.4, 0.5) is 9.18 Å². The van der Waals surface area contributed by atoms with Gasteiger partial charge in [-0.1, -0.05) is 6.92 Å². The lowest BCUT2D eigenvalue weighted by atomic mass is 10.1. The molecule has 2 aromatic rings. The fourth-order valence-corrected chi connectivity index (χ4v) is 2.63. The van der Waals surface area contributed by atoms with Crippen molar-refractivity contribution in [2.75, 3.05) is 6.54 Å². The molecular formula is C18H21FN4O. The van der Waals surface area contributed by atoms with E-state index in [9.17, 15) is 9.18 Å². The summed E-state index contributed by atoms with van der Waals surface area (Å²) < 4.78 is 13.0. The first-order valence-corrected chi connectivity index (χ1v) is 8.23. The average molecular weight is 328 g/mol. The van der Waals surface area contributed by atoms with Gasteiger partial charge in [-0.25, -0.2) is 19.2 Å². The van der Waals surface area contributed by atoms with Crippen LogP contribution in [0.15, 0.2) is 30.5 Å². The number of rotatable bonds is 3. The second-order valence-electron chi connectivity index (χ2n) is 6.10. The Morgan fingerprint density at radius 2 is 2.12 bits per heavy atom. The summed E-state index contributed by atoms with van der Waals surface area (Å²) in [4.78, 5) is 23.0. The first-order valence-electron chi connectivity index (χ1n) is 8.23. The molecular weight excluding hydrogens is 307 g/mol. The van der Waals surface area contributed by atoms with Crippen LogP contribution in [0.3, 0.4) is 0 Å². The van der Waals surface area contributed by atoms with Gasteiger partial charge in [0.25, 0.3) is 0 Å². The third-order valence-electron chi connectivity index (χ3n) is 4.31. The van der Waals surface area contributed by atoms with Crippen LogP contribution in [-0.4, -0.2) is 33.5 Å². The standard InChI is InChI=1S/C18H21FN4O/c1-3-12(2)21-18(24)23-9-8-16-14(11-23)10-20-17(22-16)13-4-6-15(19)7-5-13/h4-7,10,12H,3,8-9,11H2,1-2H3,(H,21,24). The maximum Gasteiger partial charge on any atom is 0.317 e. The number of fused-ring (bicyclic) bond motifs is 1. The Balaban J connectivity index is 1.74. The van der Waals surface area contributed by atoms with Crippen LogP contribution in [0.1, 0.15) is 31.5 Å². The summed E-state index contributed by atoms with van der Waals surface area (Å²) in [7, 11) is 0. The summed E-state index contributed by atoms with van der Waals surface area (Å²) in [5, 5.41) is 2.98. The maximum atomic E-state index is 13.0. The molecule has 0 spiro atoms. The number of halogens is 1. The number of hydrogen-bond donors (Lipinski definition) is 1. The second-order valence-corrected chi connectivity index (χ2v) is 6.10. The largest absolute Gasteiger partial charge is 0.336 e. The van der Waals surface area contributed by atoms with Gasteiger partial charge in [-0.2, -0.15) is 0 Å². The fraction of sp³-hybridized carbons (Fsp3) is 0.389. The second kappa shape index (κ2) is 6.95. The molecule has 1 aliphatic rings. The molecule has 2 amide bonds. The SMILES string of the molecule is CCC(C)NC(=O)N1CCc2nc(-c3ccc(F)cc3)ncc2C1. The van der Waals surface area contributed by atoms with Gasteiger partial charge in [-0.3, -0.25) is 0 Å². The van der Waals surface area contributed by atoms with Gasteiger partial charge in [0.1, 0.15) is 5.82 Å². The zero-order chi connectivity index (χ0) is 17.1. The van der Waals surface area contributed by atoms with E-state index >= 15 is 0 Å². The molecule has 5 nitrogen and oxygen atoms in total. The van der Waals surface area contributed by atoms with Crippen LogP contribution in [-0.2, 0) is 13.0 Å². The minimum atomic E-state index is -0.278. The molecule has 0 bridgehead atoms. The number of carbonyl (C=O) groups is 1. The van der Waals surface area contributed by atoms with E-state index in [4.69, 9.17) is 0 Å². The average Bonchev–Trinajstić information content (AvgIpc) is 2.61. The highest BCUT2D eigenvalue weighted by molar-refractivity contribution is 5.74. The van der Waals surface area contributed by atoms with E-state index in [1.165, 1.54) is 12.1 Å². The molecule has 2 heterocycles. The van der Waals surface area contributed by atoms with Crippen molar-refractivity contribution in [3.05, 3.63) is 47.5 Å². The quantitative estimate of drug-likeness (QED) is 0.941. The molecule has 24 heavy (non-hydrogen) atoms. The number of nitrogens with zero attached hydrogens (tertiary/aromatic N) is 3. The predicted molar refractivity (Wildman–Crippen MR) is 89.8 cm³/mol. The number of amides is 2. The van der Waals surface area contributed by atoms with Crippen LogP contribution < -0.4 is 5.32 Å². The summed E-state index contributed by atoms with van der Waals surface area (Å²) >= 11 is 0. The molecule has 0 saturated heterocycles. The summed E-state index contributed by atoms with van der Waals surface area (Å²) in [6.45, 7) is 5.19. The number of hydrogen-bond acceptors (Lipinski definition) is 3. The Kier molecular flexibility index (Phi) is 4.74. The van der Waals surface area contributed by atoms with Gasteiger partial charge in [-0.15, -0.1) is 0 Å². The van der Waals surface area contributed by atoms with Gasteiger partial charge < -0.3 is 10.2 Å². The molecule has 3 rings (SSSR count). The van der Waals surface area contributed by atoms with Crippen molar-refractivity contribution in [1.29, 1.82) is 0 Å². The molecule has 1 aliphatic heterocycles. The van der Waals surface area contributed by atoms with Gasteiger partial charge in [-0.05, 0) is 37.6 Å². The van der Waals surface area contributed by atoms with Crippen LogP contribution in [0.25, 0.3) is 11.4 Å². The first-order chi connectivity index (χ1) is 11.6. The molecule has 1 aromatic carbocycles. The van der Waals surface area contributed by atoms with E-state index in [-0.39, 0.29) is 17.9 Å². The molecule has 0 radical (unpaired) electrons. The Morgan fingerprint density at radius 3 is 2.83 bits per heavy atom. The van der Waals surface area contributed by atoms with Gasteiger partial charge in [0, 0.05) is 36.3 Å². The zero-order valence-electron chi connectivity index (χ0n) is 13.9. The van der Waals surface area contributed by atoms with E-state index in [0.717, 1.165) is 23.2 Å². The van der Waals surface area contributed by atoms with Crippen LogP contribution in [0, 0.1) is 5.82 Å². The summed E-state index contributed by atoms with van der Waals surface area (Å²) in [5.74, 6) is 0.311. The van der Waals surface area contributed by atoms with E-state index in [0.29, 0.717) is 25.3 Å². The minimum Gasteiger partial charge on any atom is -0.336 e. The minimum absolute atomic E-state index is 0.0439. The zero-order valence-corrected chi connectivity index (χ0v) is 13.9. The summed E-state index contributed by atoms with van der Waals surface area (Å²) in [6.07, 6.45) is 3.37. The number of nitrogens with one attached hydrogen (secondary N) is 1. The number of aromatic nitrogens is 2. The van der Waals surface area contributed by atoms with Gasteiger partial charge >= 0.3 is 6.03 Å². The molecule has 1 aromatic heterocycles. The van der Waals surface area contributed by atoms with Crippen molar-refractivity contribution in [2.45, 2.75) is 39.3 Å². The molecule has 0 saturated carbocycles. The van der Waals surface area contributed by atoms with Crippen LogP contribution >= 0.6 is 0 Å². The topological polar surface area (TPSA) is 58.1 Å². The van der Waals surface area contributed by atoms with Crippen LogP contribution in [0.2, 0.25) is 0 Å². The number of benzene rings is 1. The van der Waals surface area contributed by atoms with Gasteiger partial charge in [0.2, 0.25) is 0 Å². The Labute approximate surface area is 140 Å². The predicted octanol–water partition coefficient (Wildman–Crippen LogP) is 3.15. The number of carbonyl (C=O) groups excluding carboxylic acids is 1. The van der Waals surface area contributed by atoms with E-state index < -0.39 is 0 Å². The third kappa shape index (κ3) is 3.53. The van der Waals surface area contributed by atoms with Gasteiger partial charge in [0.15, 0.2) is 5.82 Å². The van der Waals surface area contributed by atoms with Crippen molar-refractivity contribution in [2.24, 2.45) is 0 Å². The Morgan fingerprint density at radius 1 is 1.38 bits per heavy atom. The lowest BCUT2D eigenvalue weighted by Gasteiger charge is -2.29. The van der Waals surface area contributed by atoms with Crippen molar-refractivity contribution < 1.29 is 9.18 Å². The lowest BCUT2D eigenvalue weighted by Crippen LogP contribution is -2.45. The molecule has 1 unspecified atom stereocenters. The molecule has 1 atom stereocenters. The molecule has 0 fully saturated rings. The van der Waals surface area contributed by atoms with Crippen molar-refractivity contribution in [3.8, 4) is 11.4 Å². The third-order valence-corrected chi connectivity index (χ3v) is 4.31. The summed E-state index contributed by atoms with van der Waals surface area (Å²) in [6, 6.07) is 6.27. The first kappa shape index (κ1) is 16.4. The van der Waals surface area contributed by atoms with Crippen molar-refractivity contribution in [1.82, 2.24) is 20.2 Å². The fourth-order valence-electron chi connectivity index (χ4n) is 2.63. The van der Waals surface area contributed by atoms with Crippen molar-refractivity contribution in [3.63, 3.8) is 0 Å². The molecule has 6 heteroatoms. The maximum absolute atomic E-state index is 13.0. The lowest BCUT2D eigenvalue weighted by molar-refractivity contribution is 0.188. The van der Waals surface area contributed by atoms with E-state index in [1.54, 1.807) is 23.2 Å². The van der Waals surface area contributed by atoms with Gasteiger partial charge in [0.05, 0.1) is 12.2 Å². The highest BCUT2D eigenvalue weighted by atomic mass is 19.1. The Hall–Kier alpha value is -2.50. The normalized spacial score (nSPS) is 14.9. The summed E-state index contributed by atoms with van der Waals surface area (Å²) in [5.41, 5.74) is 2.71. The van der Waals surface area contributed by atoms with Crippen LogP contribution in [0.5, 0.6) is 0 Å². The number of urea groups is 1. The smallest absolute Gasteiger partial charge is 0.317 e. The van der Waals surface area contributed by atoms with E-state index in [1.807, 2.05) is 13.8 Å². The monoisotopic (exact) mass is 328 g/mol. The highest BCUT2D eigenvalue weighted by Gasteiger charge is 2.23. The molecule has 0 aliphatic carbocycles. The molecule has 1 N–H and O–H groups in total. The van der Waals surface area contributed by atoms with E-state index in [2.05, 4.69) is 15.3 Å². The highest BCUT2D eigenvalue weighted by Crippen LogP contribution is 2.21. The van der Waals surface area contributed by atoms with Crippen molar-refractivity contribution >= 4 is 6.03 Å². The molecule has 126 valence electrons.